The highest BCUT2D eigenvalue weighted by molar-refractivity contribution is 5.91. The lowest BCUT2D eigenvalue weighted by Gasteiger charge is -2.17. The van der Waals surface area contributed by atoms with Crippen molar-refractivity contribution in [2.45, 2.75) is 27.2 Å². The van der Waals surface area contributed by atoms with Gasteiger partial charge in [-0.2, -0.15) is 5.26 Å². The molecule has 4 nitrogen and oxygen atoms in total. The third-order valence-corrected chi connectivity index (χ3v) is 4.26. The molecule has 4 heteroatoms. The van der Waals surface area contributed by atoms with Crippen LogP contribution in [0.5, 0.6) is 0 Å². The Morgan fingerprint density at radius 2 is 1.79 bits per heavy atom. The first-order valence-corrected chi connectivity index (χ1v) is 7.76. The number of benzene rings is 2. The molecule has 1 N–H and O–H groups in total. The van der Waals surface area contributed by atoms with Gasteiger partial charge in [0.1, 0.15) is 6.07 Å². The molecule has 0 bridgehead atoms. The van der Waals surface area contributed by atoms with Crippen LogP contribution in [0, 0.1) is 32.1 Å². The Morgan fingerprint density at radius 3 is 2.38 bits per heavy atom. The second kappa shape index (κ2) is 5.86. The molecule has 0 saturated carbocycles. The van der Waals surface area contributed by atoms with Crippen molar-refractivity contribution in [3.8, 4) is 11.8 Å². The lowest BCUT2D eigenvalue weighted by Crippen LogP contribution is -2.10. The van der Waals surface area contributed by atoms with Gasteiger partial charge in [0.25, 0.3) is 0 Å². The van der Waals surface area contributed by atoms with E-state index >= 15 is 0 Å². The summed E-state index contributed by atoms with van der Waals surface area (Å²) in [5.74, 6) is -0.946. The average Bonchev–Trinajstić information content (AvgIpc) is 2.79. The number of para-hydroxylation sites is 1. The number of hydrogen-bond acceptors (Lipinski definition) is 2. The molecule has 0 atom stereocenters. The molecule has 3 rings (SSSR count). The van der Waals surface area contributed by atoms with Crippen molar-refractivity contribution in [1.29, 1.82) is 5.26 Å². The number of hydrogen-bond donors (Lipinski definition) is 1. The van der Waals surface area contributed by atoms with Crippen molar-refractivity contribution in [3.63, 3.8) is 0 Å². The SMILES string of the molecule is Cc1cc(C)c(-n2c(CC(=O)O)c(C#N)c3ccccc32)c(C)c1. The molecule has 0 saturated heterocycles. The smallest absolute Gasteiger partial charge is 0.309 e. The van der Waals surface area contributed by atoms with Crippen LogP contribution in [0.1, 0.15) is 27.9 Å². The highest BCUT2D eigenvalue weighted by Crippen LogP contribution is 2.32. The average molecular weight is 318 g/mol. The van der Waals surface area contributed by atoms with Gasteiger partial charge < -0.3 is 9.67 Å². The van der Waals surface area contributed by atoms with E-state index in [2.05, 4.69) is 18.2 Å². The number of nitrogens with zero attached hydrogens (tertiary/aromatic N) is 2. The molecule has 0 spiro atoms. The van der Waals surface area contributed by atoms with Crippen molar-refractivity contribution in [3.05, 3.63) is 64.3 Å². The van der Waals surface area contributed by atoms with Crippen LogP contribution in [-0.4, -0.2) is 15.6 Å². The number of aryl methyl sites for hydroxylation is 3. The molecule has 0 aliphatic carbocycles. The van der Waals surface area contributed by atoms with Crippen molar-refractivity contribution >= 4 is 16.9 Å². The predicted octanol–water partition coefficient (Wildman–Crippen LogP) is 4.05. The Morgan fingerprint density at radius 1 is 1.17 bits per heavy atom. The number of carbonyl (C=O) groups is 1. The normalized spacial score (nSPS) is 10.8. The van der Waals surface area contributed by atoms with E-state index in [1.807, 2.05) is 49.6 Å². The summed E-state index contributed by atoms with van der Waals surface area (Å²) in [6.07, 6.45) is -0.190. The number of nitriles is 1. The summed E-state index contributed by atoms with van der Waals surface area (Å²) in [5, 5.41) is 19.7. The van der Waals surface area contributed by atoms with E-state index in [1.165, 1.54) is 0 Å². The van der Waals surface area contributed by atoms with Gasteiger partial charge in [0.2, 0.25) is 0 Å². The van der Waals surface area contributed by atoms with Gasteiger partial charge >= 0.3 is 5.97 Å². The Bertz CT molecular complexity index is 983. The third-order valence-electron chi connectivity index (χ3n) is 4.26. The largest absolute Gasteiger partial charge is 0.481 e. The van der Waals surface area contributed by atoms with Crippen LogP contribution in [0.25, 0.3) is 16.6 Å². The topological polar surface area (TPSA) is 66.0 Å². The lowest BCUT2D eigenvalue weighted by atomic mass is 10.0. The first-order chi connectivity index (χ1) is 11.4. The van der Waals surface area contributed by atoms with E-state index in [0.29, 0.717) is 11.3 Å². The van der Waals surface area contributed by atoms with Gasteiger partial charge in [0.15, 0.2) is 0 Å². The molecule has 0 unspecified atom stereocenters. The van der Waals surface area contributed by atoms with Crippen LogP contribution in [0.4, 0.5) is 0 Å². The van der Waals surface area contributed by atoms with Crippen LogP contribution in [-0.2, 0) is 11.2 Å². The van der Waals surface area contributed by atoms with Gasteiger partial charge in [-0.3, -0.25) is 4.79 Å². The highest BCUT2D eigenvalue weighted by atomic mass is 16.4. The maximum absolute atomic E-state index is 11.4. The second-order valence-corrected chi connectivity index (χ2v) is 6.10. The highest BCUT2D eigenvalue weighted by Gasteiger charge is 2.22. The standard InChI is InChI=1S/C20H18N2O2/c1-12-8-13(2)20(14(3)9-12)22-17-7-5-4-6-15(17)16(11-21)18(22)10-19(23)24/h4-9H,10H2,1-3H3,(H,23,24). The van der Waals surface area contributed by atoms with Gasteiger partial charge in [-0.15, -0.1) is 0 Å². The zero-order valence-electron chi connectivity index (χ0n) is 13.9. The van der Waals surface area contributed by atoms with Crippen molar-refractivity contribution in [1.82, 2.24) is 4.57 Å². The quantitative estimate of drug-likeness (QED) is 0.792. The number of rotatable bonds is 3. The monoisotopic (exact) mass is 318 g/mol. The number of carboxylic acid groups (broad SMARTS) is 1. The van der Waals surface area contributed by atoms with Gasteiger partial charge in [-0.25, -0.2) is 0 Å². The Balaban J connectivity index is 2.48. The lowest BCUT2D eigenvalue weighted by molar-refractivity contribution is -0.136. The Kier molecular flexibility index (Phi) is 3.86. The number of carboxylic acids is 1. The minimum absolute atomic E-state index is 0.190. The molecule has 1 heterocycles. The number of aromatic nitrogens is 1. The van der Waals surface area contributed by atoms with E-state index in [0.717, 1.165) is 33.3 Å². The summed E-state index contributed by atoms with van der Waals surface area (Å²) >= 11 is 0. The van der Waals surface area contributed by atoms with Gasteiger partial charge in [0.05, 0.1) is 28.9 Å². The van der Waals surface area contributed by atoms with Gasteiger partial charge in [-0.1, -0.05) is 35.9 Å². The minimum atomic E-state index is -0.946. The summed E-state index contributed by atoms with van der Waals surface area (Å²) in [7, 11) is 0. The van der Waals surface area contributed by atoms with Crippen LogP contribution in [0.2, 0.25) is 0 Å². The van der Waals surface area contributed by atoms with Gasteiger partial charge in [-0.05, 0) is 38.0 Å². The summed E-state index contributed by atoms with van der Waals surface area (Å²) in [6, 6.07) is 13.9. The molecule has 0 amide bonds. The fourth-order valence-electron chi connectivity index (χ4n) is 3.51. The maximum Gasteiger partial charge on any atom is 0.309 e. The predicted molar refractivity (Wildman–Crippen MR) is 93.5 cm³/mol. The molecule has 0 radical (unpaired) electrons. The van der Waals surface area contributed by atoms with Crippen molar-refractivity contribution < 1.29 is 9.90 Å². The third kappa shape index (κ3) is 2.44. The molecule has 2 aromatic carbocycles. The van der Waals surface area contributed by atoms with E-state index in [1.54, 1.807) is 0 Å². The fourth-order valence-corrected chi connectivity index (χ4v) is 3.51. The fraction of sp³-hybridized carbons (Fsp3) is 0.200. The Hall–Kier alpha value is -3.06. The molecular weight excluding hydrogens is 300 g/mol. The van der Waals surface area contributed by atoms with Crippen molar-refractivity contribution in [2.75, 3.05) is 0 Å². The molecule has 1 aromatic heterocycles. The summed E-state index contributed by atoms with van der Waals surface area (Å²) in [6.45, 7) is 6.07. The number of fused-ring (bicyclic) bond motifs is 1. The van der Waals surface area contributed by atoms with E-state index in [9.17, 15) is 15.2 Å². The molecule has 0 aliphatic heterocycles. The first kappa shape index (κ1) is 15.8. The summed E-state index contributed by atoms with van der Waals surface area (Å²) in [4.78, 5) is 11.4. The van der Waals surface area contributed by atoms with Crippen LogP contribution in [0.3, 0.4) is 0 Å². The van der Waals surface area contributed by atoms with E-state index in [-0.39, 0.29) is 6.42 Å². The zero-order chi connectivity index (χ0) is 17.4. The van der Waals surface area contributed by atoms with Crippen LogP contribution < -0.4 is 0 Å². The number of aliphatic carboxylic acids is 1. The molecule has 0 aliphatic rings. The summed E-state index contributed by atoms with van der Waals surface area (Å²) < 4.78 is 1.94. The zero-order valence-corrected chi connectivity index (χ0v) is 13.9. The molecular formula is C20H18N2O2. The molecule has 120 valence electrons. The van der Waals surface area contributed by atoms with Crippen molar-refractivity contribution in [2.24, 2.45) is 0 Å². The molecule has 24 heavy (non-hydrogen) atoms. The second-order valence-electron chi connectivity index (χ2n) is 6.10. The van der Waals surface area contributed by atoms with Crippen LogP contribution in [0.15, 0.2) is 36.4 Å². The molecule has 3 aromatic rings. The van der Waals surface area contributed by atoms with E-state index in [4.69, 9.17) is 0 Å². The molecule has 0 fully saturated rings. The minimum Gasteiger partial charge on any atom is -0.481 e. The maximum atomic E-state index is 11.4. The van der Waals surface area contributed by atoms with E-state index < -0.39 is 5.97 Å². The van der Waals surface area contributed by atoms with Crippen LogP contribution >= 0.6 is 0 Å². The van der Waals surface area contributed by atoms with Gasteiger partial charge in [0, 0.05) is 5.39 Å². The summed E-state index contributed by atoms with van der Waals surface area (Å²) in [5.41, 5.74) is 6.06. The Labute approximate surface area is 140 Å². The first-order valence-electron chi connectivity index (χ1n) is 7.76.